The van der Waals surface area contributed by atoms with Gasteiger partial charge in [-0.25, -0.2) is 15.0 Å². The van der Waals surface area contributed by atoms with Crippen molar-refractivity contribution in [3.05, 3.63) is 64.8 Å². The minimum atomic E-state index is -0.397. The number of aliphatic hydroxyl groups is 1. The van der Waals surface area contributed by atoms with Crippen LogP contribution >= 0.6 is 11.6 Å². The number of ether oxygens (including phenoxy) is 1. The molecule has 35 heavy (non-hydrogen) atoms. The van der Waals surface area contributed by atoms with Gasteiger partial charge in [0.2, 0.25) is 5.95 Å². The summed E-state index contributed by atoms with van der Waals surface area (Å²) in [6.45, 7) is 1.84. The average molecular weight is 491 g/mol. The van der Waals surface area contributed by atoms with Crippen LogP contribution in [0.2, 0.25) is 5.15 Å². The molecule has 9 nitrogen and oxygen atoms in total. The lowest BCUT2D eigenvalue weighted by molar-refractivity contribution is 0.102. The van der Waals surface area contributed by atoms with Gasteiger partial charge < -0.3 is 14.8 Å². The Morgan fingerprint density at radius 2 is 2.06 bits per heavy atom. The van der Waals surface area contributed by atoms with E-state index < -0.39 is 5.91 Å². The second kappa shape index (κ2) is 9.44. The number of carbonyl (C=O) groups is 1. The molecule has 5 rings (SSSR count). The second-order valence-corrected chi connectivity index (χ2v) is 8.73. The number of carbonyl (C=O) groups excluding carboxylic acids is 1. The SMILES string of the molecule is COc1cnc(Cl)cc1-c1cc(C)ncc1C(=O)Nc1nc2ccc(C3=CCC(O)CC3)nc2[nH]1. The zero-order valence-corrected chi connectivity index (χ0v) is 19.9. The van der Waals surface area contributed by atoms with Crippen molar-refractivity contribution in [2.75, 3.05) is 12.4 Å². The van der Waals surface area contributed by atoms with Crippen molar-refractivity contribution < 1.29 is 14.6 Å². The molecule has 1 aliphatic carbocycles. The highest BCUT2D eigenvalue weighted by Crippen LogP contribution is 2.34. The number of fused-ring (bicyclic) bond motifs is 1. The lowest BCUT2D eigenvalue weighted by Crippen LogP contribution is -2.15. The number of hydrogen-bond acceptors (Lipinski definition) is 7. The van der Waals surface area contributed by atoms with Crippen molar-refractivity contribution >= 4 is 40.2 Å². The topological polar surface area (TPSA) is 126 Å². The summed E-state index contributed by atoms with van der Waals surface area (Å²) in [6, 6.07) is 7.21. The maximum absolute atomic E-state index is 13.3. The minimum Gasteiger partial charge on any atom is -0.494 e. The van der Waals surface area contributed by atoms with Gasteiger partial charge in [0.05, 0.1) is 30.7 Å². The number of hydrogen-bond donors (Lipinski definition) is 3. The third kappa shape index (κ3) is 4.73. The fourth-order valence-electron chi connectivity index (χ4n) is 4.11. The molecule has 0 aliphatic heterocycles. The number of rotatable bonds is 5. The van der Waals surface area contributed by atoms with Gasteiger partial charge in [-0.1, -0.05) is 17.7 Å². The van der Waals surface area contributed by atoms with E-state index in [1.165, 1.54) is 19.5 Å². The Labute approximate surface area is 206 Å². The molecule has 0 saturated carbocycles. The van der Waals surface area contributed by atoms with Crippen LogP contribution in [0.15, 0.2) is 42.7 Å². The molecule has 4 heterocycles. The number of halogens is 1. The molecule has 1 atom stereocenters. The number of imidazole rings is 1. The van der Waals surface area contributed by atoms with Crippen molar-refractivity contribution in [1.82, 2.24) is 24.9 Å². The van der Waals surface area contributed by atoms with E-state index in [1.54, 1.807) is 12.1 Å². The first-order valence-corrected chi connectivity index (χ1v) is 11.5. The maximum atomic E-state index is 13.3. The zero-order chi connectivity index (χ0) is 24.5. The van der Waals surface area contributed by atoms with Gasteiger partial charge in [0.1, 0.15) is 16.4 Å². The molecule has 0 aromatic carbocycles. The van der Waals surface area contributed by atoms with E-state index in [0.717, 1.165) is 29.8 Å². The molecular weight excluding hydrogens is 468 g/mol. The van der Waals surface area contributed by atoms with Crippen LogP contribution in [0.25, 0.3) is 27.9 Å². The number of aromatic amines is 1. The monoisotopic (exact) mass is 490 g/mol. The summed E-state index contributed by atoms with van der Waals surface area (Å²) in [5.41, 5.74) is 5.42. The number of pyridine rings is 3. The summed E-state index contributed by atoms with van der Waals surface area (Å²) < 4.78 is 5.44. The highest BCUT2D eigenvalue weighted by molar-refractivity contribution is 6.29. The van der Waals surface area contributed by atoms with Crippen LogP contribution in [0, 0.1) is 6.92 Å². The maximum Gasteiger partial charge on any atom is 0.260 e. The van der Waals surface area contributed by atoms with E-state index in [2.05, 4.69) is 30.2 Å². The number of allylic oxidation sites excluding steroid dienone is 1. The average Bonchev–Trinajstić information content (AvgIpc) is 3.25. The third-order valence-corrected chi connectivity index (χ3v) is 6.12. The summed E-state index contributed by atoms with van der Waals surface area (Å²) in [4.78, 5) is 33.8. The third-order valence-electron chi connectivity index (χ3n) is 5.92. The summed E-state index contributed by atoms with van der Waals surface area (Å²) in [7, 11) is 1.53. The number of nitrogens with zero attached hydrogens (tertiary/aromatic N) is 4. The first-order chi connectivity index (χ1) is 16.9. The molecule has 1 amide bonds. The zero-order valence-electron chi connectivity index (χ0n) is 19.2. The van der Waals surface area contributed by atoms with Gasteiger partial charge in [0.15, 0.2) is 5.65 Å². The number of nitrogens with one attached hydrogen (secondary N) is 2. The molecule has 0 fully saturated rings. The Morgan fingerprint density at radius 3 is 2.83 bits per heavy atom. The molecule has 3 N–H and O–H groups in total. The van der Waals surface area contributed by atoms with Crippen LogP contribution in [-0.2, 0) is 0 Å². The molecule has 4 aromatic rings. The molecule has 0 bridgehead atoms. The number of anilines is 1. The van der Waals surface area contributed by atoms with Crippen molar-refractivity contribution in [2.24, 2.45) is 0 Å². The van der Waals surface area contributed by atoms with Crippen molar-refractivity contribution in [3.8, 4) is 16.9 Å². The molecule has 4 aromatic heterocycles. The van der Waals surface area contributed by atoms with Gasteiger partial charge >= 0.3 is 0 Å². The largest absolute Gasteiger partial charge is 0.494 e. The summed E-state index contributed by atoms with van der Waals surface area (Å²) in [5.74, 6) is 0.360. The van der Waals surface area contributed by atoms with E-state index in [1.807, 2.05) is 25.1 Å². The number of methoxy groups -OCH3 is 1. The van der Waals surface area contributed by atoms with Crippen LogP contribution in [0.4, 0.5) is 5.95 Å². The van der Waals surface area contributed by atoms with Crippen molar-refractivity contribution in [1.29, 1.82) is 0 Å². The molecular formula is C25H23ClN6O3. The van der Waals surface area contributed by atoms with Crippen LogP contribution in [0.3, 0.4) is 0 Å². The van der Waals surface area contributed by atoms with E-state index in [4.69, 9.17) is 16.3 Å². The predicted molar refractivity (Wildman–Crippen MR) is 133 cm³/mol. The van der Waals surface area contributed by atoms with Crippen LogP contribution in [0.5, 0.6) is 5.75 Å². The summed E-state index contributed by atoms with van der Waals surface area (Å²) in [5, 5.41) is 12.8. The van der Waals surface area contributed by atoms with E-state index >= 15 is 0 Å². The molecule has 10 heteroatoms. The highest BCUT2D eigenvalue weighted by Gasteiger charge is 2.20. The van der Waals surface area contributed by atoms with E-state index in [9.17, 15) is 9.90 Å². The van der Waals surface area contributed by atoms with Crippen molar-refractivity contribution in [3.63, 3.8) is 0 Å². The highest BCUT2D eigenvalue weighted by atomic mass is 35.5. The van der Waals surface area contributed by atoms with Gasteiger partial charge in [0, 0.05) is 23.0 Å². The second-order valence-electron chi connectivity index (χ2n) is 8.34. The lowest BCUT2D eigenvalue weighted by Gasteiger charge is -2.16. The van der Waals surface area contributed by atoms with Gasteiger partial charge in [0.25, 0.3) is 5.91 Å². The predicted octanol–water partition coefficient (Wildman–Crippen LogP) is 4.57. The molecule has 178 valence electrons. The molecule has 0 saturated heterocycles. The molecule has 1 aliphatic rings. The molecule has 0 spiro atoms. The first-order valence-electron chi connectivity index (χ1n) is 11.1. The lowest BCUT2D eigenvalue weighted by atomic mass is 9.95. The van der Waals surface area contributed by atoms with E-state index in [0.29, 0.717) is 40.0 Å². The van der Waals surface area contributed by atoms with Crippen LogP contribution in [0.1, 0.15) is 41.0 Å². The first kappa shape index (κ1) is 22.9. The Hall–Kier alpha value is -3.82. The fourth-order valence-corrected chi connectivity index (χ4v) is 4.27. The number of aliphatic hydroxyl groups excluding tert-OH is 1. The summed E-state index contributed by atoms with van der Waals surface area (Å²) >= 11 is 6.13. The normalized spacial score (nSPS) is 15.7. The Bertz CT molecular complexity index is 1470. The van der Waals surface area contributed by atoms with Gasteiger partial charge in [-0.05, 0) is 56.0 Å². The van der Waals surface area contributed by atoms with Crippen molar-refractivity contribution in [2.45, 2.75) is 32.3 Å². The molecule has 1 unspecified atom stereocenters. The Morgan fingerprint density at radius 1 is 1.20 bits per heavy atom. The number of H-pyrrole nitrogens is 1. The van der Waals surface area contributed by atoms with Crippen LogP contribution < -0.4 is 10.1 Å². The van der Waals surface area contributed by atoms with Gasteiger partial charge in [-0.15, -0.1) is 0 Å². The summed E-state index contributed by atoms with van der Waals surface area (Å²) in [6.07, 6.45) is 6.86. The number of amides is 1. The van der Waals surface area contributed by atoms with E-state index in [-0.39, 0.29) is 17.2 Å². The quantitative estimate of drug-likeness (QED) is 0.350. The fraction of sp³-hybridized carbons (Fsp3) is 0.240. The van der Waals surface area contributed by atoms with Gasteiger partial charge in [-0.2, -0.15) is 0 Å². The Kier molecular flexibility index (Phi) is 6.19. The number of aryl methyl sites for hydroxylation is 1. The molecule has 0 radical (unpaired) electrons. The standard InChI is InChI=1S/C25H23ClN6O3/c1-13-9-16(17-10-22(26)28-12-21(17)35-2)18(11-27-13)24(34)32-25-30-20-8-7-19(29-23(20)31-25)14-3-5-15(33)6-4-14/h3,7-12,15,33H,4-6H2,1-2H3,(H2,29,30,31,32,34). The smallest absolute Gasteiger partial charge is 0.260 e. The number of aromatic nitrogens is 5. The Balaban J connectivity index is 1.45. The van der Waals surface area contributed by atoms with Gasteiger partial charge in [-0.3, -0.25) is 15.1 Å². The van der Waals surface area contributed by atoms with Crippen LogP contribution in [-0.4, -0.2) is 49.1 Å². The minimum absolute atomic E-state index is 0.272.